The minimum Gasteiger partial charge on any atom is -0.503 e. The lowest BCUT2D eigenvalue weighted by atomic mass is 10.2. The summed E-state index contributed by atoms with van der Waals surface area (Å²) in [5, 5.41) is 9.54. The summed E-state index contributed by atoms with van der Waals surface area (Å²) >= 11 is 0. The van der Waals surface area contributed by atoms with Crippen LogP contribution in [-0.4, -0.2) is 10.1 Å². The molecule has 4 heteroatoms. The number of nitrogens with zero attached hydrogens (tertiary/aromatic N) is 1. The van der Waals surface area contributed by atoms with Gasteiger partial charge in [-0.15, -0.1) is 0 Å². The van der Waals surface area contributed by atoms with Gasteiger partial charge in [0.15, 0.2) is 11.6 Å². The van der Waals surface area contributed by atoms with E-state index in [4.69, 9.17) is 5.11 Å². The minimum absolute atomic E-state index is 0.0707. The predicted molar refractivity (Wildman–Crippen MR) is 43.3 cm³/mol. The summed E-state index contributed by atoms with van der Waals surface area (Å²) in [4.78, 5) is 3.73. The van der Waals surface area contributed by atoms with Crippen molar-refractivity contribution in [2.75, 3.05) is 0 Å². The highest BCUT2D eigenvalue weighted by molar-refractivity contribution is 5.84. The molecular formula is C9H5F2NO. The van der Waals surface area contributed by atoms with E-state index in [1.54, 1.807) is 12.1 Å². The van der Waals surface area contributed by atoms with E-state index in [1.807, 2.05) is 0 Å². The Bertz CT molecular complexity index is 470. The van der Waals surface area contributed by atoms with Crippen LogP contribution >= 0.6 is 0 Å². The molecule has 2 rings (SSSR count). The number of benzene rings is 1. The monoisotopic (exact) mass is 181 g/mol. The molecule has 0 aliphatic heterocycles. The van der Waals surface area contributed by atoms with Crippen LogP contribution in [0, 0.1) is 11.6 Å². The Balaban J connectivity index is 2.94. The average molecular weight is 181 g/mol. The molecule has 0 spiro atoms. The largest absolute Gasteiger partial charge is 0.503 e. The Morgan fingerprint density at radius 1 is 1.31 bits per heavy atom. The fraction of sp³-hybridized carbons (Fsp3) is 0. The molecule has 0 atom stereocenters. The van der Waals surface area contributed by atoms with Crippen LogP contribution < -0.4 is 0 Å². The van der Waals surface area contributed by atoms with Crippen molar-refractivity contribution in [3.63, 3.8) is 0 Å². The zero-order valence-corrected chi connectivity index (χ0v) is 6.46. The van der Waals surface area contributed by atoms with Crippen LogP contribution in [-0.2, 0) is 0 Å². The van der Waals surface area contributed by atoms with Crippen LogP contribution in [0.15, 0.2) is 24.4 Å². The first kappa shape index (κ1) is 7.91. The molecular weight excluding hydrogens is 176 g/mol. The fourth-order valence-electron chi connectivity index (χ4n) is 1.15. The van der Waals surface area contributed by atoms with Crippen LogP contribution in [0.3, 0.4) is 0 Å². The number of aromatic nitrogens is 1. The highest BCUT2D eigenvalue weighted by atomic mass is 19.2. The number of hydrogen-bond donors (Lipinski definition) is 1. The van der Waals surface area contributed by atoms with E-state index in [9.17, 15) is 8.78 Å². The third-order valence-corrected chi connectivity index (χ3v) is 1.76. The van der Waals surface area contributed by atoms with Gasteiger partial charge in [0.2, 0.25) is 5.82 Å². The summed E-state index contributed by atoms with van der Waals surface area (Å²) in [5.74, 6) is -3.07. The molecule has 0 saturated carbocycles. The van der Waals surface area contributed by atoms with E-state index in [0.29, 0.717) is 5.39 Å². The summed E-state index contributed by atoms with van der Waals surface area (Å²) < 4.78 is 25.5. The van der Waals surface area contributed by atoms with Gasteiger partial charge in [-0.05, 0) is 12.1 Å². The molecule has 0 unspecified atom stereocenters. The Morgan fingerprint density at radius 3 is 2.85 bits per heavy atom. The third-order valence-electron chi connectivity index (χ3n) is 1.76. The number of pyridine rings is 1. The molecule has 1 aromatic heterocycles. The van der Waals surface area contributed by atoms with Gasteiger partial charge in [-0.2, -0.15) is 4.39 Å². The number of phenols is 1. The maximum atomic E-state index is 12.8. The van der Waals surface area contributed by atoms with Crippen LogP contribution in [0.1, 0.15) is 0 Å². The summed E-state index contributed by atoms with van der Waals surface area (Å²) in [6.07, 6.45) is 1.40. The van der Waals surface area contributed by atoms with Gasteiger partial charge in [0.05, 0.1) is 0 Å². The van der Waals surface area contributed by atoms with E-state index >= 15 is 0 Å². The predicted octanol–water partition coefficient (Wildman–Crippen LogP) is 2.22. The first-order chi connectivity index (χ1) is 6.20. The number of fused-ring (bicyclic) bond motifs is 1. The number of hydrogen-bond acceptors (Lipinski definition) is 2. The number of halogens is 2. The Labute approximate surface area is 72.5 Å². The maximum Gasteiger partial charge on any atom is 0.202 e. The molecule has 2 nitrogen and oxygen atoms in total. The van der Waals surface area contributed by atoms with Gasteiger partial charge in [0.25, 0.3) is 0 Å². The quantitative estimate of drug-likeness (QED) is 0.675. The van der Waals surface area contributed by atoms with E-state index in [-0.39, 0.29) is 5.52 Å². The molecule has 0 aliphatic carbocycles. The smallest absolute Gasteiger partial charge is 0.202 e. The lowest BCUT2D eigenvalue weighted by Gasteiger charge is -2.01. The molecule has 0 bridgehead atoms. The molecule has 2 aromatic rings. The molecule has 13 heavy (non-hydrogen) atoms. The SMILES string of the molecule is Oc1c(F)c(F)cc2cccnc12. The third kappa shape index (κ3) is 1.11. The first-order valence-corrected chi connectivity index (χ1v) is 3.62. The van der Waals surface area contributed by atoms with Crippen LogP contribution in [0.25, 0.3) is 10.9 Å². The number of rotatable bonds is 0. The second kappa shape index (κ2) is 2.65. The lowest BCUT2D eigenvalue weighted by Crippen LogP contribution is -1.88. The molecule has 1 heterocycles. The van der Waals surface area contributed by atoms with Gasteiger partial charge in [-0.3, -0.25) is 4.98 Å². The van der Waals surface area contributed by atoms with E-state index in [1.165, 1.54) is 6.20 Å². The van der Waals surface area contributed by atoms with Gasteiger partial charge >= 0.3 is 0 Å². The Hall–Kier alpha value is -1.71. The highest BCUT2D eigenvalue weighted by Crippen LogP contribution is 2.27. The molecule has 1 N–H and O–H groups in total. The van der Waals surface area contributed by atoms with Crippen LogP contribution in [0.5, 0.6) is 5.75 Å². The summed E-state index contributed by atoms with van der Waals surface area (Å²) in [5.41, 5.74) is 0.0707. The molecule has 66 valence electrons. The average Bonchev–Trinajstić information content (AvgIpc) is 2.15. The minimum atomic E-state index is -1.26. The van der Waals surface area contributed by atoms with Crippen molar-refractivity contribution in [3.05, 3.63) is 36.0 Å². The van der Waals surface area contributed by atoms with Crippen molar-refractivity contribution in [3.8, 4) is 5.75 Å². The molecule has 0 fully saturated rings. The van der Waals surface area contributed by atoms with Crippen LogP contribution in [0.4, 0.5) is 8.78 Å². The summed E-state index contributed by atoms with van der Waals surface area (Å²) in [6, 6.07) is 4.13. The normalized spacial score (nSPS) is 10.6. The van der Waals surface area contributed by atoms with Crippen molar-refractivity contribution in [2.45, 2.75) is 0 Å². The van der Waals surface area contributed by atoms with E-state index in [0.717, 1.165) is 6.07 Å². The highest BCUT2D eigenvalue weighted by Gasteiger charge is 2.12. The molecule has 0 radical (unpaired) electrons. The first-order valence-electron chi connectivity index (χ1n) is 3.62. The Morgan fingerprint density at radius 2 is 2.08 bits per heavy atom. The van der Waals surface area contributed by atoms with E-state index in [2.05, 4.69) is 4.98 Å². The van der Waals surface area contributed by atoms with Gasteiger partial charge in [-0.1, -0.05) is 6.07 Å². The topological polar surface area (TPSA) is 33.1 Å². The zero-order valence-electron chi connectivity index (χ0n) is 6.46. The fourth-order valence-corrected chi connectivity index (χ4v) is 1.15. The van der Waals surface area contributed by atoms with Crippen LogP contribution in [0.2, 0.25) is 0 Å². The van der Waals surface area contributed by atoms with Gasteiger partial charge in [0.1, 0.15) is 5.52 Å². The number of phenolic OH excluding ortho intramolecular Hbond substituents is 1. The maximum absolute atomic E-state index is 12.8. The van der Waals surface area contributed by atoms with Crippen molar-refractivity contribution in [1.29, 1.82) is 0 Å². The molecule has 0 saturated heterocycles. The van der Waals surface area contributed by atoms with E-state index < -0.39 is 17.4 Å². The molecule has 0 aliphatic rings. The standard InChI is InChI=1S/C9H5F2NO/c10-6-4-5-2-1-3-12-8(5)9(13)7(6)11/h1-4,13H. The Kier molecular flexibility index (Phi) is 1.62. The number of aromatic hydroxyl groups is 1. The van der Waals surface area contributed by atoms with Crippen molar-refractivity contribution in [1.82, 2.24) is 4.98 Å². The molecule has 0 amide bonds. The molecule has 1 aromatic carbocycles. The summed E-state index contributed by atoms with van der Waals surface area (Å²) in [7, 11) is 0. The lowest BCUT2D eigenvalue weighted by molar-refractivity contribution is 0.412. The summed E-state index contributed by atoms with van der Waals surface area (Å²) in [6.45, 7) is 0. The van der Waals surface area contributed by atoms with Gasteiger partial charge < -0.3 is 5.11 Å². The van der Waals surface area contributed by atoms with Gasteiger partial charge in [-0.25, -0.2) is 4.39 Å². The van der Waals surface area contributed by atoms with Crippen molar-refractivity contribution < 1.29 is 13.9 Å². The zero-order chi connectivity index (χ0) is 9.42. The second-order valence-corrected chi connectivity index (χ2v) is 2.60. The van der Waals surface area contributed by atoms with Crippen molar-refractivity contribution in [2.24, 2.45) is 0 Å². The van der Waals surface area contributed by atoms with Gasteiger partial charge in [0, 0.05) is 11.6 Å². The second-order valence-electron chi connectivity index (χ2n) is 2.60. The van der Waals surface area contributed by atoms with Crippen molar-refractivity contribution >= 4 is 10.9 Å².